The first-order valence-corrected chi connectivity index (χ1v) is 16.4. The van der Waals surface area contributed by atoms with Gasteiger partial charge in [0.05, 0.1) is 11.8 Å². The Hall–Kier alpha value is -3.22. The summed E-state index contributed by atoms with van der Waals surface area (Å²) in [5.41, 5.74) is 0.836. The van der Waals surface area contributed by atoms with Crippen LogP contribution in [0.2, 0.25) is 5.02 Å². The van der Waals surface area contributed by atoms with E-state index in [0.717, 1.165) is 24.8 Å². The van der Waals surface area contributed by atoms with Crippen molar-refractivity contribution in [1.29, 1.82) is 0 Å². The molecule has 1 aromatic heterocycles. The van der Waals surface area contributed by atoms with Gasteiger partial charge in [-0.2, -0.15) is 0 Å². The molecule has 12 heteroatoms. The number of nitrogens with zero attached hydrogens (tertiary/aromatic N) is 2. The monoisotopic (exact) mass is 641 g/mol. The van der Waals surface area contributed by atoms with Gasteiger partial charge in [-0.25, -0.2) is 9.18 Å². The van der Waals surface area contributed by atoms with Crippen LogP contribution in [0.1, 0.15) is 57.1 Å². The van der Waals surface area contributed by atoms with Gasteiger partial charge in [0.2, 0.25) is 5.91 Å². The van der Waals surface area contributed by atoms with Crippen LogP contribution in [0.25, 0.3) is 0 Å². The Morgan fingerprint density at radius 3 is 2.57 bits per heavy atom. The maximum atomic E-state index is 15.3. The number of β-amino-alcohol motifs (C(OH)–C–C–N with tert-alkyl or cyclic N) is 1. The van der Waals surface area contributed by atoms with E-state index in [1.54, 1.807) is 48.8 Å². The fourth-order valence-electron chi connectivity index (χ4n) is 5.47. The Balaban J connectivity index is 1.43. The molecule has 1 aliphatic carbocycles. The second kappa shape index (κ2) is 13.8. The molecule has 1 saturated heterocycles. The van der Waals surface area contributed by atoms with E-state index in [2.05, 4.69) is 20.3 Å². The minimum atomic E-state index is -1.44. The van der Waals surface area contributed by atoms with Gasteiger partial charge in [0.1, 0.15) is 22.6 Å². The van der Waals surface area contributed by atoms with Crippen LogP contribution < -0.4 is 15.4 Å². The number of aromatic nitrogens is 1. The van der Waals surface area contributed by atoms with Crippen LogP contribution in [-0.4, -0.2) is 55.4 Å². The van der Waals surface area contributed by atoms with Crippen molar-refractivity contribution in [2.45, 2.75) is 68.9 Å². The molecule has 2 aliphatic rings. The topological polar surface area (TPSA) is 130 Å². The molecule has 4 atom stereocenters. The molecule has 5 rings (SSSR count). The van der Waals surface area contributed by atoms with Crippen molar-refractivity contribution in [1.82, 2.24) is 14.6 Å². The lowest BCUT2D eigenvalue weighted by atomic mass is 9.80. The first-order chi connectivity index (χ1) is 21.1. The third-order valence-electron chi connectivity index (χ3n) is 8.14. The van der Waals surface area contributed by atoms with Gasteiger partial charge in [-0.1, -0.05) is 36.6 Å². The molecule has 1 aliphatic heterocycles. The highest BCUT2D eigenvalue weighted by molar-refractivity contribution is 7.90. The summed E-state index contributed by atoms with van der Waals surface area (Å²) in [5.74, 6) is -0.726. The number of rotatable bonds is 11. The van der Waals surface area contributed by atoms with Gasteiger partial charge in [0.15, 0.2) is 0 Å². The van der Waals surface area contributed by atoms with Crippen LogP contribution in [0.5, 0.6) is 0 Å². The van der Waals surface area contributed by atoms with Gasteiger partial charge >= 0.3 is 6.03 Å². The largest absolute Gasteiger partial charge is 0.598 e. The Kier molecular flexibility index (Phi) is 10.1. The number of urea groups is 1. The Bertz CT molecular complexity index is 1460. The fraction of sp³-hybridized carbons (Fsp3) is 0.406. The zero-order chi connectivity index (χ0) is 31.4. The van der Waals surface area contributed by atoms with E-state index in [4.69, 9.17) is 11.6 Å². The SMILES string of the molecule is CC(C)[S+]([O-])NC(CCC1CC1)(c1cccnc1)c1ccc(F)c(NC(=O)[C@H]2C[C@@H](O)CN2C(=O)Nc2ccc(Cl)cc2)c1. The molecule has 2 heterocycles. The van der Waals surface area contributed by atoms with Crippen molar-refractivity contribution in [2.24, 2.45) is 5.92 Å². The molecule has 9 nitrogen and oxygen atoms in total. The molecule has 1 saturated carbocycles. The summed E-state index contributed by atoms with van der Waals surface area (Å²) in [6.07, 6.45) is 6.19. The van der Waals surface area contributed by atoms with E-state index in [1.165, 1.54) is 11.0 Å². The molecule has 2 aromatic carbocycles. The van der Waals surface area contributed by atoms with Gasteiger partial charge in [-0.15, -0.1) is 4.72 Å². The second-order valence-corrected chi connectivity index (χ2v) is 13.9. The Labute approximate surface area is 264 Å². The lowest BCUT2D eigenvalue weighted by Gasteiger charge is -2.36. The van der Waals surface area contributed by atoms with Crippen LogP contribution >= 0.6 is 11.6 Å². The Morgan fingerprint density at radius 2 is 1.91 bits per heavy atom. The maximum Gasteiger partial charge on any atom is 0.322 e. The molecule has 2 unspecified atom stereocenters. The van der Waals surface area contributed by atoms with Gasteiger partial charge in [-0.3, -0.25) is 9.78 Å². The number of amides is 3. The predicted molar refractivity (Wildman–Crippen MR) is 170 cm³/mol. The molecular weight excluding hydrogens is 605 g/mol. The van der Waals surface area contributed by atoms with E-state index >= 15 is 4.39 Å². The van der Waals surface area contributed by atoms with Crippen LogP contribution in [-0.2, 0) is 21.7 Å². The van der Waals surface area contributed by atoms with Crippen LogP contribution in [0.3, 0.4) is 0 Å². The van der Waals surface area contributed by atoms with Crippen molar-refractivity contribution in [3.8, 4) is 0 Å². The van der Waals surface area contributed by atoms with Crippen LogP contribution in [0.15, 0.2) is 67.0 Å². The number of likely N-dealkylation sites (tertiary alicyclic amines) is 1. The summed E-state index contributed by atoms with van der Waals surface area (Å²) in [4.78, 5) is 32.2. The number of pyridine rings is 1. The lowest BCUT2D eigenvalue weighted by molar-refractivity contribution is -0.119. The maximum absolute atomic E-state index is 15.3. The number of hydrogen-bond donors (Lipinski definition) is 4. The summed E-state index contributed by atoms with van der Waals surface area (Å²) in [5, 5.41) is 16.1. The van der Waals surface area contributed by atoms with Crippen LogP contribution in [0, 0.1) is 11.7 Å². The number of benzene rings is 2. The summed E-state index contributed by atoms with van der Waals surface area (Å²) in [6.45, 7) is 3.66. The highest BCUT2D eigenvalue weighted by atomic mass is 35.5. The van der Waals surface area contributed by atoms with E-state index in [-0.39, 0.29) is 23.9 Å². The molecule has 0 bridgehead atoms. The molecule has 0 spiro atoms. The van der Waals surface area contributed by atoms with Crippen molar-refractivity contribution in [3.05, 3.63) is 89.0 Å². The minimum absolute atomic E-state index is 0.00286. The van der Waals surface area contributed by atoms with Crippen molar-refractivity contribution < 1.29 is 23.6 Å². The predicted octanol–water partition coefficient (Wildman–Crippen LogP) is 5.58. The molecule has 2 fully saturated rings. The van der Waals surface area contributed by atoms with Gasteiger partial charge in [-0.05, 0) is 86.2 Å². The summed E-state index contributed by atoms with van der Waals surface area (Å²) >= 11 is 4.49. The van der Waals surface area contributed by atoms with Crippen molar-refractivity contribution in [3.63, 3.8) is 0 Å². The molecule has 4 N–H and O–H groups in total. The number of aliphatic hydroxyl groups excluding tert-OH is 1. The minimum Gasteiger partial charge on any atom is -0.598 e. The summed E-state index contributed by atoms with van der Waals surface area (Å²) in [7, 11) is 0. The fourth-order valence-corrected chi connectivity index (χ4v) is 6.52. The average molecular weight is 642 g/mol. The number of carbonyl (C=O) groups is 2. The molecule has 44 heavy (non-hydrogen) atoms. The smallest absolute Gasteiger partial charge is 0.322 e. The highest BCUT2D eigenvalue weighted by Crippen LogP contribution is 2.42. The Morgan fingerprint density at radius 1 is 1.16 bits per heavy atom. The van der Waals surface area contributed by atoms with E-state index in [0.29, 0.717) is 28.6 Å². The highest BCUT2D eigenvalue weighted by Gasteiger charge is 2.42. The zero-order valence-electron chi connectivity index (χ0n) is 24.6. The second-order valence-electron chi connectivity index (χ2n) is 11.8. The molecule has 3 amide bonds. The first-order valence-electron chi connectivity index (χ1n) is 14.8. The third kappa shape index (κ3) is 7.52. The number of nitrogens with one attached hydrogen (secondary N) is 3. The van der Waals surface area contributed by atoms with Crippen molar-refractivity contribution in [2.75, 3.05) is 17.2 Å². The van der Waals surface area contributed by atoms with Crippen LogP contribution in [0.4, 0.5) is 20.6 Å². The quantitative estimate of drug-likeness (QED) is 0.203. The van der Waals surface area contributed by atoms with E-state index in [1.807, 2.05) is 26.0 Å². The average Bonchev–Trinajstić information content (AvgIpc) is 3.76. The normalized spacial score (nSPS) is 20.3. The third-order valence-corrected chi connectivity index (χ3v) is 9.79. The zero-order valence-corrected chi connectivity index (χ0v) is 26.2. The summed E-state index contributed by atoms with van der Waals surface area (Å²) in [6, 6.07) is 13.1. The number of anilines is 2. The van der Waals surface area contributed by atoms with Gasteiger partial charge in [0.25, 0.3) is 0 Å². The standard InChI is InChI=1S/C32H37ClFN5O4S/c1-20(2)44(43)38-32(14-13-21-5-6-21,23-4-3-15-35-18-23)22-7-12-27(34)28(16-22)37-30(41)29-17-26(40)19-39(29)31(42)36-25-10-8-24(33)9-11-25/h3-4,7-12,15-16,18,20-21,26,29,38,40H,5-6,13-14,17,19H2,1-2H3,(H,36,42)(H,37,41)/t26-,29-,32?,44?/m1/s1. The molecule has 3 aromatic rings. The number of halogens is 2. The molecule has 0 radical (unpaired) electrons. The number of carbonyl (C=O) groups excluding carboxylic acids is 2. The molecule has 234 valence electrons. The number of aliphatic hydroxyl groups is 1. The number of hydrogen-bond acceptors (Lipinski definition) is 6. The van der Waals surface area contributed by atoms with E-state index < -0.39 is 46.8 Å². The first kappa shape index (κ1) is 32.2. The van der Waals surface area contributed by atoms with Gasteiger partial charge < -0.3 is 25.2 Å². The van der Waals surface area contributed by atoms with Gasteiger partial charge in [0, 0.05) is 47.4 Å². The van der Waals surface area contributed by atoms with E-state index in [9.17, 15) is 19.2 Å². The lowest BCUT2D eigenvalue weighted by Crippen LogP contribution is -2.49. The van der Waals surface area contributed by atoms with Crippen molar-refractivity contribution >= 4 is 46.3 Å². The summed E-state index contributed by atoms with van der Waals surface area (Å²) < 4.78 is 32.0. The molecular formula is C32H37ClFN5O4S.